The smallest absolute Gasteiger partial charge is 0.399 e. The molecule has 0 amide bonds. The van der Waals surface area contributed by atoms with Crippen LogP contribution < -0.4 is 5.46 Å². The van der Waals surface area contributed by atoms with Gasteiger partial charge >= 0.3 is 7.12 Å². The predicted molar refractivity (Wildman–Crippen MR) is 261 cm³/mol. The number of alkyl halides is 1. The van der Waals surface area contributed by atoms with Crippen molar-refractivity contribution >= 4 is 84.2 Å². The molecular weight excluding hydrogens is 988 g/mol. The Morgan fingerprint density at radius 3 is 1.24 bits per heavy atom. The fraction of sp³-hybridized carbons (Fsp3) is 0.543. The summed E-state index contributed by atoms with van der Waals surface area (Å²) in [6, 6.07) is 18.5. The highest BCUT2D eigenvalue weighted by Crippen LogP contribution is 2.38. The molecule has 0 saturated carbocycles. The highest BCUT2D eigenvalue weighted by molar-refractivity contribution is 14.1. The zero-order valence-corrected chi connectivity index (χ0v) is 42.3. The van der Waals surface area contributed by atoms with Gasteiger partial charge in [-0.3, -0.25) is 0 Å². The molecule has 3 unspecified atom stereocenters. The maximum absolute atomic E-state index is 10.1. The average Bonchev–Trinajstić information content (AvgIpc) is 3.77. The molecule has 324 valence electrons. The normalized spacial score (nSPS) is 23.5. The number of nitrogens with zero attached hydrogens (tertiary/aromatic N) is 3. The van der Waals surface area contributed by atoms with Crippen LogP contribution >= 0.6 is 54.5 Å². The number of halogens is 3. The number of rotatable bonds is 4. The van der Waals surface area contributed by atoms with Gasteiger partial charge in [0.1, 0.15) is 23.0 Å². The predicted octanol–water partition coefficient (Wildman–Crippen LogP) is 11.7. The van der Waals surface area contributed by atoms with Crippen LogP contribution in [0.5, 0.6) is 0 Å². The Morgan fingerprint density at radius 1 is 0.559 bits per heavy atom. The molecule has 0 bridgehead atoms. The van der Waals surface area contributed by atoms with Crippen molar-refractivity contribution in [1.82, 2.24) is 0 Å². The molecule has 9 nitrogen and oxygen atoms in total. The van der Waals surface area contributed by atoms with Crippen molar-refractivity contribution in [3.8, 4) is 0 Å². The van der Waals surface area contributed by atoms with Gasteiger partial charge in [0.2, 0.25) is 0 Å². The zero-order valence-electron chi connectivity index (χ0n) is 37.0. The first-order chi connectivity index (χ1) is 26.8. The van der Waals surface area contributed by atoms with Gasteiger partial charge in [0, 0.05) is 31.9 Å². The fourth-order valence-corrected chi connectivity index (χ4v) is 7.01. The van der Waals surface area contributed by atoms with E-state index in [4.69, 9.17) is 23.8 Å². The van der Waals surface area contributed by atoms with E-state index in [9.17, 15) is 5.11 Å². The van der Waals surface area contributed by atoms with Crippen LogP contribution in [-0.2, 0) is 23.8 Å². The summed E-state index contributed by atoms with van der Waals surface area (Å²) in [5, 5.41) is 22.6. The number of aliphatic hydroxyl groups is 1. The van der Waals surface area contributed by atoms with E-state index < -0.39 is 11.7 Å². The van der Waals surface area contributed by atoms with Gasteiger partial charge in [0.05, 0.1) is 22.6 Å². The maximum Gasteiger partial charge on any atom is 0.495 e. The Morgan fingerprint density at radius 2 is 0.898 bits per heavy atom. The summed E-state index contributed by atoms with van der Waals surface area (Å²) in [7, 11) is -0.360. The van der Waals surface area contributed by atoms with Gasteiger partial charge in [-0.1, -0.05) is 139 Å². The topological polar surface area (TPSA) is 103 Å². The van der Waals surface area contributed by atoms with E-state index in [0.29, 0.717) is 11.6 Å². The molecule has 3 aromatic rings. The van der Waals surface area contributed by atoms with E-state index in [0.717, 1.165) is 53.6 Å². The second-order valence-corrected chi connectivity index (χ2v) is 19.7. The molecule has 4 aliphatic heterocycles. The standard InChI is InChI=1S/C19H28BNO3.C13H16BrNO.C12H14BrNO2.CH3I.CH4/c1-12-9-10-14(16-13(2)17(3,4)24-21-16)11-15(12)20-22-18(5,6)19(7,8)23-20;1-8-5-6-10(7-11(8)14)12-9(2)13(3,4)16-15-12;1-7-4-5-8(6-9(7)13)10-11(15)12(2,3)16-14-10;1-2;/h9-11,13H,1-8H3;5-7,9H,1-4H3;4-6,11,15H,1-3H3;1H3;1H4. The lowest BCUT2D eigenvalue weighted by atomic mass is 9.74. The molecule has 0 aromatic heterocycles. The van der Waals surface area contributed by atoms with Crippen LogP contribution in [0.2, 0.25) is 0 Å². The van der Waals surface area contributed by atoms with E-state index in [-0.39, 0.29) is 42.9 Å². The summed E-state index contributed by atoms with van der Waals surface area (Å²) in [5.74, 6) is 0.536. The lowest BCUT2D eigenvalue weighted by Crippen LogP contribution is -2.41. The molecule has 1 fully saturated rings. The van der Waals surface area contributed by atoms with Crippen molar-refractivity contribution in [2.24, 2.45) is 27.3 Å². The molecule has 3 atom stereocenters. The Balaban J connectivity index is 0.000000237. The van der Waals surface area contributed by atoms with E-state index in [2.05, 4.69) is 189 Å². The Labute approximate surface area is 385 Å². The summed E-state index contributed by atoms with van der Waals surface area (Å²) < 4.78 is 14.6. The van der Waals surface area contributed by atoms with Crippen LogP contribution in [0, 0.1) is 32.6 Å². The summed E-state index contributed by atoms with van der Waals surface area (Å²) in [6.45, 7) is 30.7. The van der Waals surface area contributed by atoms with Gasteiger partial charge in [0.25, 0.3) is 0 Å². The fourth-order valence-electron chi connectivity index (χ4n) is 6.25. The van der Waals surface area contributed by atoms with E-state index in [1.165, 1.54) is 5.56 Å². The SMILES string of the molecule is C.CI.Cc1ccc(C2=NOC(C)(C)C2C)cc1B1OC(C)(C)C(C)(C)O1.Cc1ccc(C2=NOC(C)(C)C2C)cc1Br.Cc1ccc(C2=NOC(C)(C)C2O)cc1Br. The minimum absolute atomic E-state index is 0. The molecule has 7 rings (SSSR count). The van der Waals surface area contributed by atoms with E-state index >= 15 is 0 Å². The molecular formula is C46H65BBr2IN3O6. The van der Waals surface area contributed by atoms with Gasteiger partial charge in [-0.25, -0.2) is 0 Å². The minimum atomic E-state index is -0.692. The van der Waals surface area contributed by atoms with Crippen LogP contribution in [0.3, 0.4) is 0 Å². The summed E-state index contributed by atoms with van der Waals surface area (Å²) in [5.41, 5.74) is 8.49. The monoisotopic (exact) mass is 1050 g/mol. The zero-order chi connectivity index (χ0) is 43.8. The molecule has 13 heteroatoms. The van der Waals surface area contributed by atoms with Crippen LogP contribution in [0.15, 0.2) is 79.0 Å². The highest BCUT2D eigenvalue weighted by atomic mass is 127. The quantitative estimate of drug-likeness (QED) is 0.159. The van der Waals surface area contributed by atoms with Crippen molar-refractivity contribution < 1.29 is 28.9 Å². The number of aliphatic hydroxyl groups excluding tert-OH is 1. The summed E-state index contributed by atoms with van der Waals surface area (Å²) >= 11 is 9.16. The lowest BCUT2D eigenvalue weighted by molar-refractivity contribution is -0.0476. The number of hydrogen-bond acceptors (Lipinski definition) is 9. The highest BCUT2D eigenvalue weighted by Gasteiger charge is 2.52. The van der Waals surface area contributed by atoms with Crippen molar-refractivity contribution in [3.63, 3.8) is 0 Å². The number of benzene rings is 3. The van der Waals surface area contributed by atoms with Crippen molar-refractivity contribution in [3.05, 3.63) is 96.9 Å². The number of aryl methyl sites for hydroxylation is 3. The third-order valence-electron chi connectivity index (χ3n) is 12.0. The third-order valence-corrected chi connectivity index (χ3v) is 13.7. The van der Waals surface area contributed by atoms with Crippen LogP contribution in [-0.4, -0.2) is 68.4 Å². The molecule has 0 aliphatic carbocycles. The van der Waals surface area contributed by atoms with Crippen molar-refractivity contribution in [2.45, 2.75) is 145 Å². The molecule has 4 heterocycles. The molecule has 4 aliphatic rings. The Hall–Kier alpha value is -2.30. The van der Waals surface area contributed by atoms with Gasteiger partial charge in [-0.05, 0) is 129 Å². The first-order valence-corrected chi connectivity index (χ1v) is 23.4. The molecule has 1 saturated heterocycles. The van der Waals surface area contributed by atoms with Crippen LogP contribution in [0.4, 0.5) is 0 Å². The second-order valence-electron chi connectivity index (χ2n) is 17.9. The van der Waals surface area contributed by atoms with Crippen LogP contribution in [0.1, 0.15) is 124 Å². The van der Waals surface area contributed by atoms with E-state index in [1.54, 1.807) is 0 Å². The first kappa shape index (κ1) is 51.1. The Kier molecular flexibility index (Phi) is 16.8. The van der Waals surface area contributed by atoms with Crippen molar-refractivity contribution in [2.75, 3.05) is 4.93 Å². The van der Waals surface area contributed by atoms with Gasteiger partial charge in [0.15, 0.2) is 5.60 Å². The summed E-state index contributed by atoms with van der Waals surface area (Å²) in [6.07, 6.45) is -0.692. The largest absolute Gasteiger partial charge is 0.495 e. The maximum atomic E-state index is 10.1. The Bertz CT molecular complexity index is 1960. The van der Waals surface area contributed by atoms with Gasteiger partial charge in [-0.15, -0.1) is 0 Å². The average molecular weight is 1050 g/mol. The first-order valence-electron chi connectivity index (χ1n) is 19.6. The number of oxime groups is 3. The molecule has 1 N–H and O–H groups in total. The molecule has 59 heavy (non-hydrogen) atoms. The van der Waals surface area contributed by atoms with Crippen LogP contribution in [0.25, 0.3) is 0 Å². The molecule has 0 radical (unpaired) electrons. The third kappa shape index (κ3) is 11.2. The van der Waals surface area contributed by atoms with Gasteiger partial charge < -0.3 is 28.9 Å². The van der Waals surface area contributed by atoms with Crippen molar-refractivity contribution in [1.29, 1.82) is 0 Å². The minimum Gasteiger partial charge on any atom is -0.399 e. The lowest BCUT2D eigenvalue weighted by Gasteiger charge is -2.32. The van der Waals surface area contributed by atoms with Gasteiger partial charge in [-0.2, -0.15) is 0 Å². The second kappa shape index (κ2) is 19.4. The molecule has 0 spiro atoms. The number of hydrogen-bond donors (Lipinski definition) is 1. The molecule has 3 aromatic carbocycles. The summed E-state index contributed by atoms with van der Waals surface area (Å²) in [4.78, 5) is 18.3. The van der Waals surface area contributed by atoms with E-state index in [1.807, 2.05) is 43.9 Å².